The SMILES string of the molecule is Cc1ncsc1-c1ccc(CNC(=O)[C@@H]2C[C@@H](O)CN2C(=O)[C@@H](NC(=O)C(F)(F)OCCCCCCOc2cc(F)c([C@@H]3C4=C(C[C@@H](C)N3CC(C)(C)F)c3ccccc3C4)c(F)c2)C(C)(C)C)cc1. The summed E-state index contributed by atoms with van der Waals surface area (Å²) in [6, 6.07) is 14.2. The van der Waals surface area contributed by atoms with E-state index >= 15 is 22.0 Å². The number of hydrogen-bond donors (Lipinski definition) is 3. The van der Waals surface area contributed by atoms with Crippen LogP contribution in [0.2, 0.25) is 0 Å². The molecule has 3 amide bonds. The molecule has 2 aliphatic heterocycles. The lowest BCUT2D eigenvalue weighted by Gasteiger charge is -2.44. The summed E-state index contributed by atoms with van der Waals surface area (Å²) < 4.78 is 88.1. The first-order valence-electron chi connectivity index (χ1n) is 24.0. The van der Waals surface area contributed by atoms with Gasteiger partial charge in [0.05, 0.1) is 41.4 Å². The van der Waals surface area contributed by atoms with Gasteiger partial charge in [-0.25, -0.2) is 18.2 Å². The van der Waals surface area contributed by atoms with Crippen LogP contribution in [0.15, 0.2) is 71.7 Å². The number of nitrogens with one attached hydrogen (secondary N) is 2. The number of halogens is 5. The van der Waals surface area contributed by atoms with E-state index in [9.17, 15) is 19.5 Å². The van der Waals surface area contributed by atoms with E-state index in [0.29, 0.717) is 32.1 Å². The molecule has 4 aromatic rings. The van der Waals surface area contributed by atoms with Crippen LogP contribution in [0.25, 0.3) is 16.0 Å². The third-order valence-electron chi connectivity index (χ3n) is 13.3. The number of rotatable bonds is 19. The van der Waals surface area contributed by atoms with Crippen molar-refractivity contribution >= 4 is 34.6 Å². The number of carbonyl (C=O) groups excluding carboxylic acids is 3. The number of aromatic nitrogens is 1. The Balaban J connectivity index is 0.871. The summed E-state index contributed by atoms with van der Waals surface area (Å²) in [6.07, 6.45) is -2.79. The average molecular weight is 994 g/mol. The van der Waals surface area contributed by atoms with Gasteiger partial charge in [0, 0.05) is 49.8 Å². The van der Waals surface area contributed by atoms with Crippen molar-refractivity contribution in [1.82, 2.24) is 25.4 Å². The molecule has 0 spiro atoms. The summed E-state index contributed by atoms with van der Waals surface area (Å²) in [4.78, 5) is 48.7. The Kier molecular flexibility index (Phi) is 16.3. The fourth-order valence-corrected chi connectivity index (χ4v) is 10.6. The monoisotopic (exact) mass is 993 g/mol. The van der Waals surface area contributed by atoms with Crippen LogP contribution in [0.3, 0.4) is 0 Å². The lowest BCUT2D eigenvalue weighted by molar-refractivity contribution is -0.232. The fraction of sp³-hybridized carbons (Fsp3) is 0.509. The molecule has 378 valence electrons. The lowest BCUT2D eigenvalue weighted by atomic mass is 9.84. The van der Waals surface area contributed by atoms with Crippen LogP contribution >= 0.6 is 11.3 Å². The van der Waals surface area contributed by atoms with Crippen molar-refractivity contribution in [2.45, 2.75) is 142 Å². The van der Waals surface area contributed by atoms with E-state index in [-0.39, 0.29) is 56.4 Å². The quantitative estimate of drug-likeness (QED) is 0.0626. The van der Waals surface area contributed by atoms with Gasteiger partial charge < -0.3 is 30.1 Å². The first-order chi connectivity index (χ1) is 33.0. The van der Waals surface area contributed by atoms with Crippen LogP contribution in [-0.4, -0.2) is 99.9 Å². The number of nitrogens with zero attached hydrogens (tertiary/aromatic N) is 3. The Morgan fingerprint density at radius 1 is 0.943 bits per heavy atom. The summed E-state index contributed by atoms with van der Waals surface area (Å²) in [5.41, 5.74) is 5.69. The van der Waals surface area contributed by atoms with Gasteiger partial charge in [-0.3, -0.25) is 19.3 Å². The van der Waals surface area contributed by atoms with E-state index in [1.807, 2.05) is 67.3 Å². The van der Waals surface area contributed by atoms with Crippen molar-refractivity contribution in [3.05, 3.63) is 111 Å². The normalized spacial score (nSPS) is 20.0. The number of unbranched alkanes of at least 4 members (excludes halogenated alkanes) is 3. The molecule has 5 atom stereocenters. The standard InChI is InChI=1S/C53H64F5N5O6S/c1-31-22-39-38-15-11-10-14-35(38)23-40(39)45(63(31)29-52(6,7)56)44-41(54)25-37(26-42(44)55)68-20-12-8-9-13-21-69-53(57,58)50(67)61-47(51(3,4)5)49(66)62-28-36(64)24-43(62)48(65)59-27-33-16-18-34(19-17-33)46-32(2)60-30-70-46/h10-11,14-19,25-26,30-31,36,43,45,47,64H,8-9,12-13,20-24,27-29H2,1-7H3,(H,59,65)(H,61,67)/t31-,36-,43+,45+,47-/m1/s1. The maximum atomic E-state index is 16.1. The second-order valence-corrected chi connectivity index (χ2v) is 21.3. The second-order valence-electron chi connectivity index (χ2n) is 20.5. The van der Waals surface area contributed by atoms with E-state index in [0.717, 1.165) is 61.0 Å². The van der Waals surface area contributed by atoms with Crippen molar-refractivity contribution in [2.75, 3.05) is 26.3 Å². The third-order valence-corrected chi connectivity index (χ3v) is 14.2. The van der Waals surface area contributed by atoms with Crippen LogP contribution in [-0.2, 0) is 32.1 Å². The molecule has 11 nitrogen and oxygen atoms in total. The molecule has 1 aliphatic carbocycles. The highest BCUT2D eigenvalue weighted by Crippen LogP contribution is 2.50. The fourth-order valence-electron chi connectivity index (χ4n) is 9.76. The van der Waals surface area contributed by atoms with Gasteiger partial charge in [0.2, 0.25) is 11.8 Å². The molecular weight excluding hydrogens is 930 g/mol. The van der Waals surface area contributed by atoms with Crippen molar-refractivity contribution in [1.29, 1.82) is 0 Å². The van der Waals surface area contributed by atoms with Crippen molar-refractivity contribution in [3.63, 3.8) is 0 Å². The van der Waals surface area contributed by atoms with E-state index in [1.165, 1.54) is 25.2 Å². The molecule has 3 N–H and O–H groups in total. The highest BCUT2D eigenvalue weighted by Gasteiger charge is 2.49. The van der Waals surface area contributed by atoms with Gasteiger partial charge in [0.1, 0.15) is 35.1 Å². The number of aliphatic hydroxyl groups is 1. The van der Waals surface area contributed by atoms with E-state index < -0.39 is 77.4 Å². The molecule has 3 aromatic carbocycles. The Bertz CT molecular complexity index is 2530. The number of hydrogen-bond acceptors (Lipinski definition) is 9. The zero-order valence-corrected chi connectivity index (χ0v) is 41.7. The molecule has 70 heavy (non-hydrogen) atoms. The maximum Gasteiger partial charge on any atom is 0.436 e. The first-order valence-corrected chi connectivity index (χ1v) is 24.9. The number of aliphatic hydroxyl groups excluding tert-OH is 1. The number of β-amino-alcohol motifs (C(OH)–C–C–N with tert-alkyl or cyclic N) is 1. The number of ether oxygens (including phenoxy) is 2. The summed E-state index contributed by atoms with van der Waals surface area (Å²) in [5, 5.41) is 15.5. The van der Waals surface area contributed by atoms with Gasteiger partial charge in [-0.15, -0.1) is 11.3 Å². The van der Waals surface area contributed by atoms with E-state index in [1.54, 1.807) is 26.3 Å². The zero-order chi connectivity index (χ0) is 50.7. The lowest BCUT2D eigenvalue weighted by Crippen LogP contribution is -2.60. The van der Waals surface area contributed by atoms with Gasteiger partial charge in [-0.05, 0) is 98.6 Å². The summed E-state index contributed by atoms with van der Waals surface area (Å²) in [6.45, 7) is 11.1. The molecule has 1 fully saturated rings. The molecule has 1 saturated heterocycles. The maximum absolute atomic E-state index is 16.1. The predicted octanol–water partition coefficient (Wildman–Crippen LogP) is 9.65. The van der Waals surface area contributed by atoms with Crippen LogP contribution in [0.4, 0.5) is 22.0 Å². The Labute approximate surface area is 410 Å². The minimum atomic E-state index is -4.29. The molecule has 3 heterocycles. The number of amides is 3. The number of thiazole rings is 1. The minimum Gasteiger partial charge on any atom is -0.493 e. The second kappa shape index (κ2) is 21.6. The Morgan fingerprint density at radius 3 is 2.26 bits per heavy atom. The van der Waals surface area contributed by atoms with Crippen molar-refractivity contribution < 1.29 is 50.9 Å². The Morgan fingerprint density at radius 2 is 1.61 bits per heavy atom. The number of aryl methyl sites for hydroxylation is 1. The molecule has 0 unspecified atom stereocenters. The highest BCUT2D eigenvalue weighted by molar-refractivity contribution is 7.13. The average Bonchev–Trinajstić information content (AvgIpc) is 4.01. The van der Waals surface area contributed by atoms with Crippen molar-refractivity contribution in [2.24, 2.45) is 5.41 Å². The van der Waals surface area contributed by atoms with Gasteiger partial charge in [0.25, 0.3) is 0 Å². The molecule has 0 bridgehead atoms. The molecular formula is C53H64F5N5O6S. The van der Waals surface area contributed by atoms with Crippen LogP contribution < -0.4 is 15.4 Å². The number of alkyl halides is 3. The van der Waals surface area contributed by atoms with Crippen molar-refractivity contribution in [3.8, 4) is 16.2 Å². The number of benzene rings is 3. The molecule has 7 rings (SSSR count). The van der Waals surface area contributed by atoms with Gasteiger partial charge in [-0.1, -0.05) is 75.7 Å². The van der Waals surface area contributed by atoms with Gasteiger partial charge in [0.15, 0.2) is 0 Å². The van der Waals surface area contributed by atoms with Crippen LogP contribution in [0, 0.1) is 24.0 Å². The molecule has 17 heteroatoms. The summed E-state index contributed by atoms with van der Waals surface area (Å²) >= 11 is 1.52. The molecule has 0 saturated carbocycles. The van der Waals surface area contributed by atoms with E-state index in [4.69, 9.17) is 9.47 Å². The topological polar surface area (TPSA) is 133 Å². The van der Waals surface area contributed by atoms with E-state index in [2.05, 4.69) is 15.6 Å². The third kappa shape index (κ3) is 12.3. The predicted molar refractivity (Wildman–Crippen MR) is 259 cm³/mol. The Hall–Kier alpha value is -5.23. The number of likely N-dealkylation sites (tertiary alicyclic amines) is 1. The summed E-state index contributed by atoms with van der Waals surface area (Å²) in [5.74, 6) is -4.75. The van der Waals surface area contributed by atoms with Crippen LogP contribution in [0.1, 0.15) is 114 Å². The number of fused-ring (bicyclic) bond motifs is 2. The molecule has 1 aromatic heterocycles. The van der Waals surface area contributed by atoms with Gasteiger partial charge in [-0.2, -0.15) is 8.78 Å². The highest BCUT2D eigenvalue weighted by atomic mass is 32.1. The summed E-state index contributed by atoms with van der Waals surface area (Å²) in [7, 11) is 0. The largest absolute Gasteiger partial charge is 0.493 e. The van der Waals surface area contributed by atoms with Gasteiger partial charge >= 0.3 is 12.0 Å². The molecule has 0 radical (unpaired) electrons. The number of carbonyl (C=O) groups is 3. The molecule has 3 aliphatic rings. The zero-order valence-electron chi connectivity index (χ0n) is 40.9. The van der Waals surface area contributed by atoms with Crippen LogP contribution in [0.5, 0.6) is 5.75 Å². The minimum absolute atomic E-state index is 0.00938. The smallest absolute Gasteiger partial charge is 0.436 e. The first kappa shape index (κ1) is 52.6.